The normalized spacial score (nSPS) is 15.8. The maximum atomic E-state index is 12.9. The molecule has 0 atom stereocenters. The average molecular weight is 393 g/mol. The molecule has 1 aliphatic rings. The molecular weight excluding hydrogens is 375 g/mol. The highest BCUT2D eigenvalue weighted by atomic mass is 19.4. The van der Waals surface area contributed by atoms with Crippen LogP contribution in [-0.2, 0) is 10.9 Å². The van der Waals surface area contributed by atoms with E-state index in [0.29, 0.717) is 43.2 Å². The van der Waals surface area contributed by atoms with Gasteiger partial charge in [-0.15, -0.1) is 5.10 Å². The first-order valence-electron chi connectivity index (χ1n) is 8.80. The Morgan fingerprint density at radius 1 is 1.14 bits per heavy atom. The fourth-order valence-electron chi connectivity index (χ4n) is 3.25. The van der Waals surface area contributed by atoms with E-state index in [0.717, 1.165) is 19.0 Å². The summed E-state index contributed by atoms with van der Waals surface area (Å²) < 4.78 is 45.7. The predicted octanol–water partition coefficient (Wildman–Crippen LogP) is 3.05. The lowest BCUT2D eigenvalue weighted by Crippen LogP contribution is -2.27. The SMILES string of the molecule is Cc1cc(C(F)(F)F)cc(O)c1-c1ccn2nc(N3CCCOCC3)nc2n1. The molecule has 2 aromatic heterocycles. The summed E-state index contributed by atoms with van der Waals surface area (Å²) in [6, 6.07) is 3.29. The van der Waals surface area contributed by atoms with E-state index in [1.165, 1.54) is 11.4 Å². The number of hydrogen-bond donors (Lipinski definition) is 1. The van der Waals surface area contributed by atoms with Gasteiger partial charge in [0.2, 0.25) is 5.95 Å². The van der Waals surface area contributed by atoms with Gasteiger partial charge in [-0.05, 0) is 37.1 Å². The minimum atomic E-state index is -4.53. The minimum Gasteiger partial charge on any atom is -0.507 e. The first-order chi connectivity index (χ1) is 13.3. The fourth-order valence-corrected chi connectivity index (χ4v) is 3.25. The molecule has 0 aliphatic carbocycles. The van der Waals surface area contributed by atoms with Crippen molar-refractivity contribution in [3.05, 3.63) is 35.5 Å². The molecule has 10 heteroatoms. The minimum absolute atomic E-state index is 0.239. The van der Waals surface area contributed by atoms with E-state index in [1.807, 2.05) is 4.90 Å². The molecule has 28 heavy (non-hydrogen) atoms. The summed E-state index contributed by atoms with van der Waals surface area (Å²) in [6.45, 7) is 4.22. The van der Waals surface area contributed by atoms with Crippen LogP contribution in [0.25, 0.3) is 17.0 Å². The van der Waals surface area contributed by atoms with Crippen molar-refractivity contribution in [1.82, 2.24) is 19.6 Å². The number of ether oxygens (including phenoxy) is 1. The molecule has 3 heterocycles. The zero-order valence-corrected chi connectivity index (χ0v) is 15.1. The number of aromatic nitrogens is 4. The van der Waals surface area contributed by atoms with Crippen molar-refractivity contribution in [1.29, 1.82) is 0 Å². The number of aryl methyl sites for hydroxylation is 1. The number of nitrogens with zero attached hydrogens (tertiary/aromatic N) is 5. The molecule has 0 spiro atoms. The topological polar surface area (TPSA) is 75.8 Å². The molecule has 1 aromatic carbocycles. The van der Waals surface area contributed by atoms with Gasteiger partial charge in [-0.25, -0.2) is 9.50 Å². The van der Waals surface area contributed by atoms with Gasteiger partial charge in [0.05, 0.1) is 17.9 Å². The van der Waals surface area contributed by atoms with E-state index in [-0.39, 0.29) is 11.1 Å². The van der Waals surface area contributed by atoms with E-state index >= 15 is 0 Å². The molecule has 0 unspecified atom stereocenters. The number of phenolic OH excluding ortho intramolecular Hbond substituents is 1. The molecule has 1 fully saturated rings. The zero-order chi connectivity index (χ0) is 19.9. The third-order valence-electron chi connectivity index (χ3n) is 4.60. The van der Waals surface area contributed by atoms with Crippen molar-refractivity contribution in [3.63, 3.8) is 0 Å². The van der Waals surface area contributed by atoms with Crippen LogP contribution in [0, 0.1) is 6.92 Å². The Labute approximate surface area is 158 Å². The Balaban J connectivity index is 1.72. The molecule has 3 aromatic rings. The summed E-state index contributed by atoms with van der Waals surface area (Å²) >= 11 is 0. The molecule has 1 N–H and O–H groups in total. The second-order valence-electron chi connectivity index (χ2n) is 6.61. The lowest BCUT2D eigenvalue weighted by atomic mass is 10.0. The first-order valence-corrected chi connectivity index (χ1v) is 8.80. The molecule has 0 radical (unpaired) electrons. The molecule has 1 aliphatic heterocycles. The van der Waals surface area contributed by atoms with Gasteiger partial charge < -0.3 is 14.7 Å². The van der Waals surface area contributed by atoms with Crippen molar-refractivity contribution < 1.29 is 23.0 Å². The van der Waals surface area contributed by atoms with Gasteiger partial charge in [-0.2, -0.15) is 18.2 Å². The maximum Gasteiger partial charge on any atom is 0.416 e. The molecule has 0 saturated carbocycles. The highest BCUT2D eigenvalue weighted by Crippen LogP contribution is 2.38. The van der Waals surface area contributed by atoms with Crippen LogP contribution in [0.4, 0.5) is 19.1 Å². The third-order valence-corrected chi connectivity index (χ3v) is 4.60. The Morgan fingerprint density at radius 2 is 1.96 bits per heavy atom. The summed E-state index contributed by atoms with van der Waals surface area (Å²) in [6.07, 6.45) is -2.04. The molecule has 0 bridgehead atoms. The van der Waals surface area contributed by atoms with Crippen molar-refractivity contribution in [2.24, 2.45) is 0 Å². The monoisotopic (exact) mass is 393 g/mol. The summed E-state index contributed by atoms with van der Waals surface area (Å²) in [4.78, 5) is 10.8. The van der Waals surface area contributed by atoms with Gasteiger partial charge in [0, 0.05) is 31.5 Å². The number of hydrogen-bond acceptors (Lipinski definition) is 6. The van der Waals surface area contributed by atoms with Gasteiger partial charge in [0.25, 0.3) is 5.78 Å². The summed E-state index contributed by atoms with van der Waals surface area (Å²) in [5.41, 5.74) is -0.0633. The lowest BCUT2D eigenvalue weighted by Gasteiger charge is -2.16. The molecule has 148 valence electrons. The average Bonchev–Trinajstić information content (AvgIpc) is 2.85. The first kappa shape index (κ1) is 18.5. The van der Waals surface area contributed by atoms with Gasteiger partial charge in [0.1, 0.15) is 5.75 Å². The van der Waals surface area contributed by atoms with Crippen LogP contribution in [-0.4, -0.2) is 51.0 Å². The van der Waals surface area contributed by atoms with E-state index in [9.17, 15) is 18.3 Å². The van der Waals surface area contributed by atoms with Gasteiger partial charge in [0.15, 0.2) is 0 Å². The molecule has 1 saturated heterocycles. The number of halogens is 3. The Bertz CT molecular complexity index is 987. The van der Waals surface area contributed by atoms with Crippen LogP contribution >= 0.6 is 0 Å². The van der Waals surface area contributed by atoms with Crippen LogP contribution in [0.15, 0.2) is 24.4 Å². The van der Waals surface area contributed by atoms with Crippen molar-refractivity contribution >= 4 is 11.7 Å². The van der Waals surface area contributed by atoms with Crippen LogP contribution in [0.5, 0.6) is 5.75 Å². The van der Waals surface area contributed by atoms with Gasteiger partial charge in [-0.3, -0.25) is 0 Å². The number of anilines is 1. The summed E-state index contributed by atoms with van der Waals surface area (Å²) in [7, 11) is 0. The smallest absolute Gasteiger partial charge is 0.416 e. The second-order valence-corrected chi connectivity index (χ2v) is 6.61. The van der Waals surface area contributed by atoms with Crippen LogP contribution in [0.2, 0.25) is 0 Å². The standard InChI is InChI=1S/C18H18F3N5O2/c1-11-9-12(18(19,20)21)10-14(27)15(11)13-3-5-26-16(22-13)23-17(24-26)25-4-2-7-28-8-6-25/h3,5,9-10,27H,2,4,6-8H2,1H3. The highest BCUT2D eigenvalue weighted by Gasteiger charge is 2.32. The summed E-state index contributed by atoms with van der Waals surface area (Å²) in [5.74, 6) is 0.341. The van der Waals surface area contributed by atoms with E-state index in [4.69, 9.17) is 4.74 Å². The molecule has 7 nitrogen and oxygen atoms in total. The molecular formula is C18H18F3N5O2. The van der Waals surface area contributed by atoms with Gasteiger partial charge in [-0.1, -0.05) is 0 Å². The Hall–Kier alpha value is -2.88. The van der Waals surface area contributed by atoms with E-state index in [1.54, 1.807) is 12.3 Å². The predicted molar refractivity (Wildman–Crippen MR) is 95.3 cm³/mol. The lowest BCUT2D eigenvalue weighted by molar-refractivity contribution is -0.137. The fraction of sp³-hybridized carbons (Fsp3) is 0.389. The van der Waals surface area contributed by atoms with Crippen LogP contribution in [0.1, 0.15) is 17.5 Å². The van der Waals surface area contributed by atoms with Crippen LogP contribution < -0.4 is 4.90 Å². The second kappa shape index (κ2) is 6.93. The number of aromatic hydroxyl groups is 1. The largest absolute Gasteiger partial charge is 0.507 e. The Kier molecular flexibility index (Phi) is 4.58. The number of phenols is 1. The maximum absolute atomic E-state index is 12.9. The Morgan fingerprint density at radius 3 is 2.71 bits per heavy atom. The number of alkyl halides is 3. The quantitative estimate of drug-likeness (QED) is 0.721. The van der Waals surface area contributed by atoms with Crippen molar-refractivity contribution in [2.45, 2.75) is 19.5 Å². The van der Waals surface area contributed by atoms with Crippen molar-refractivity contribution in [3.8, 4) is 17.0 Å². The molecule has 4 rings (SSSR count). The third kappa shape index (κ3) is 3.47. The number of rotatable bonds is 2. The van der Waals surface area contributed by atoms with Crippen molar-refractivity contribution in [2.75, 3.05) is 31.2 Å². The highest BCUT2D eigenvalue weighted by molar-refractivity contribution is 5.72. The van der Waals surface area contributed by atoms with Crippen LogP contribution in [0.3, 0.4) is 0 Å². The van der Waals surface area contributed by atoms with Gasteiger partial charge >= 0.3 is 6.18 Å². The summed E-state index contributed by atoms with van der Waals surface area (Å²) in [5, 5.41) is 14.6. The zero-order valence-electron chi connectivity index (χ0n) is 15.1. The number of benzene rings is 1. The van der Waals surface area contributed by atoms with E-state index in [2.05, 4.69) is 15.1 Å². The number of fused-ring (bicyclic) bond motifs is 1. The van der Waals surface area contributed by atoms with E-state index < -0.39 is 17.5 Å². The molecule has 0 amide bonds.